The standard InChI is InChI=1S/C15H23N3/c1-11(2)13-5-4-6-15(16-13)18-8-7-12-9-17(3)10-14(12)18/h4-6,11-12,14H,7-10H2,1-3H3/t12-,14-/m0/s1. The second kappa shape index (κ2) is 4.54. The van der Waals surface area contributed by atoms with Crippen LogP contribution in [0.3, 0.4) is 0 Å². The summed E-state index contributed by atoms with van der Waals surface area (Å²) in [5.41, 5.74) is 1.21. The summed E-state index contributed by atoms with van der Waals surface area (Å²) in [5.74, 6) is 2.54. The van der Waals surface area contributed by atoms with Crippen LogP contribution < -0.4 is 4.90 Å². The van der Waals surface area contributed by atoms with Crippen LogP contribution in [-0.4, -0.2) is 42.6 Å². The summed E-state index contributed by atoms with van der Waals surface area (Å²) >= 11 is 0. The third-order valence-electron chi connectivity index (χ3n) is 4.37. The number of fused-ring (bicyclic) bond motifs is 1. The van der Waals surface area contributed by atoms with E-state index in [9.17, 15) is 0 Å². The summed E-state index contributed by atoms with van der Waals surface area (Å²) < 4.78 is 0. The van der Waals surface area contributed by atoms with Crippen LogP contribution >= 0.6 is 0 Å². The molecule has 0 radical (unpaired) electrons. The van der Waals surface area contributed by atoms with Crippen LogP contribution in [0.4, 0.5) is 5.82 Å². The van der Waals surface area contributed by atoms with Gasteiger partial charge in [-0.15, -0.1) is 0 Å². The van der Waals surface area contributed by atoms with Gasteiger partial charge >= 0.3 is 0 Å². The first kappa shape index (κ1) is 12.0. The second-order valence-corrected chi connectivity index (χ2v) is 6.11. The summed E-state index contributed by atoms with van der Waals surface area (Å²) in [7, 11) is 2.23. The van der Waals surface area contributed by atoms with Crippen LogP contribution in [0.2, 0.25) is 0 Å². The Labute approximate surface area is 110 Å². The largest absolute Gasteiger partial charge is 0.352 e. The van der Waals surface area contributed by atoms with Gasteiger partial charge in [-0.25, -0.2) is 4.98 Å². The van der Waals surface area contributed by atoms with Crippen molar-refractivity contribution in [2.75, 3.05) is 31.6 Å². The van der Waals surface area contributed by atoms with Crippen molar-refractivity contribution in [3.63, 3.8) is 0 Å². The van der Waals surface area contributed by atoms with E-state index < -0.39 is 0 Å². The van der Waals surface area contributed by atoms with Crippen molar-refractivity contribution >= 4 is 5.82 Å². The number of hydrogen-bond donors (Lipinski definition) is 0. The van der Waals surface area contributed by atoms with Gasteiger partial charge in [-0.3, -0.25) is 0 Å². The molecule has 2 aliphatic rings. The molecule has 0 bridgehead atoms. The molecule has 0 aliphatic carbocycles. The Kier molecular flexibility index (Phi) is 3.02. The van der Waals surface area contributed by atoms with Crippen molar-refractivity contribution in [1.29, 1.82) is 0 Å². The summed E-state index contributed by atoms with van der Waals surface area (Å²) in [6, 6.07) is 7.16. The number of hydrogen-bond acceptors (Lipinski definition) is 3. The van der Waals surface area contributed by atoms with Gasteiger partial charge in [0, 0.05) is 31.4 Å². The zero-order valence-corrected chi connectivity index (χ0v) is 11.6. The first-order chi connectivity index (χ1) is 8.65. The van der Waals surface area contributed by atoms with Crippen LogP contribution in [0, 0.1) is 5.92 Å². The molecule has 3 nitrogen and oxygen atoms in total. The van der Waals surface area contributed by atoms with E-state index in [1.807, 2.05) is 0 Å². The predicted molar refractivity (Wildman–Crippen MR) is 75.1 cm³/mol. The molecular formula is C15H23N3. The Morgan fingerprint density at radius 3 is 2.89 bits per heavy atom. The highest BCUT2D eigenvalue weighted by atomic mass is 15.3. The van der Waals surface area contributed by atoms with Gasteiger partial charge in [-0.05, 0) is 37.4 Å². The van der Waals surface area contributed by atoms with E-state index in [0.29, 0.717) is 12.0 Å². The van der Waals surface area contributed by atoms with Crippen molar-refractivity contribution < 1.29 is 0 Å². The normalized spacial score (nSPS) is 28.1. The number of likely N-dealkylation sites (N-methyl/N-ethyl adjacent to an activating group) is 1. The lowest BCUT2D eigenvalue weighted by molar-refractivity contribution is 0.386. The fraction of sp³-hybridized carbons (Fsp3) is 0.667. The maximum Gasteiger partial charge on any atom is 0.129 e. The van der Waals surface area contributed by atoms with E-state index >= 15 is 0 Å². The Morgan fingerprint density at radius 1 is 1.28 bits per heavy atom. The topological polar surface area (TPSA) is 19.4 Å². The van der Waals surface area contributed by atoms with Crippen LogP contribution in [0.25, 0.3) is 0 Å². The molecule has 98 valence electrons. The van der Waals surface area contributed by atoms with Crippen LogP contribution in [0.1, 0.15) is 31.9 Å². The number of nitrogens with zero attached hydrogens (tertiary/aromatic N) is 3. The zero-order chi connectivity index (χ0) is 12.7. The summed E-state index contributed by atoms with van der Waals surface area (Å²) in [6.07, 6.45) is 1.32. The molecule has 0 aromatic carbocycles. The fourth-order valence-corrected chi connectivity index (χ4v) is 3.38. The Bertz CT molecular complexity index is 430. The number of likely N-dealkylation sites (tertiary alicyclic amines) is 1. The lowest BCUT2D eigenvalue weighted by Gasteiger charge is -2.26. The SMILES string of the molecule is CC(C)c1cccc(N2CC[C@H]3CN(C)C[C@@H]32)n1. The molecule has 3 rings (SSSR count). The van der Waals surface area contributed by atoms with Crippen molar-refractivity contribution in [1.82, 2.24) is 9.88 Å². The van der Waals surface area contributed by atoms with Crippen molar-refractivity contribution in [3.8, 4) is 0 Å². The minimum absolute atomic E-state index is 0.509. The summed E-state index contributed by atoms with van der Waals surface area (Å²) in [5, 5.41) is 0. The first-order valence-corrected chi connectivity index (χ1v) is 7.07. The molecule has 0 N–H and O–H groups in total. The summed E-state index contributed by atoms with van der Waals surface area (Å²) in [4.78, 5) is 9.83. The Balaban J connectivity index is 1.84. The predicted octanol–water partition coefficient (Wildman–Crippen LogP) is 2.35. The highest BCUT2D eigenvalue weighted by Crippen LogP contribution is 2.33. The van der Waals surface area contributed by atoms with E-state index in [-0.39, 0.29) is 0 Å². The van der Waals surface area contributed by atoms with Crippen LogP contribution in [-0.2, 0) is 0 Å². The van der Waals surface area contributed by atoms with E-state index in [2.05, 4.69) is 48.9 Å². The minimum Gasteiger partial charge on any atom is -0.352 e. The molecule has 18 heavy (non-hydrogen) atoms. The van der Waals surface area contributed by atoms with Gasteiger partial charge < -0.3 is 9.80 Å². The van der Waals surface area contributed by atoms with Crippen molar-refractivity contribution in [3.05, 3.63) is 23.9 Å². The molecule has 3 heterocycles. The molecule has 2 fully saturated rings. The maximum atomic E-state index is 4.85. The van der Waals surface area contributed by atoms with Gasteiger partial charge in [-0.2, -0.15) is 0 Å². The number of aromatic nitrogens is 1. The minimum atomic E-state index is 0.509. The highest BCUT2D eigenvalue weighted by molar-refractivity contribution is 5.43. The molecule has 2 saturated heterocycles. The van der Waals surface area contributed by atoms with Crippen molar-refractivity contribution in [2.24, 2.45) is 5.92 Å². The smallest absolute Gasteiger partial charge is 0.129 e. The quantitative estimate of drug-likeness (QED) is 0.797. The van der Waals surface area contributed by atoms with E-state index in [0.717, 1.165) is 5.92 Å². The molecule has 0 amide bonds. The molecule has 3 heteroatoms. The molecule has 1 aromatic rings. The lowest BCUT2D eigenvalue weighted by atomic mass is 10.1. The molecule has 0 saturated carbocycles. The van der Waals surface area contributed by atoms with Gasteiger partial charge in [0.15, 0.2) is 0 Å². The van der Waals surface area contributed by atoms with E-state index in [1.54, 1.807) is 0 Å². The van der Waals surface area contributed by atoms with Gasteiger partial charge in [-0.1, -0.05) is 19.9 Å². The highest BCUT2D eigenvalue weighted by Gasteiger charge is 2.40. The monoisotopic (exact) mass is 245 g/mol. The zero-order valence-electron chi connectivity index (χ0n) is 11.6. The fourth-order valence-electron chi connectivity index (χ4n) is 3.38. The Hall–Kier alpha value is -1.09. The van der Waals surface area contributed by atoms with Gasteiger partial charge in [0.25, 0.3) is 0 Å². The third-order valence-corrected chi connectivity index (χ3v) is 4.37. The van der Waals surface area contributed by atoms with E-state index in [4.69, 9.17) is 4.98 Å². The van der Waals surface area contributed by atoms with Crippen LogP contribution in [0.5, 0.6) is 0 Å². The number of rotatable bonds is 2. The first-order valence-electron chi connectivity index (χ1n) is 7.07. The van der Waals surface area contributed by atoms with Gasteiger partial charge in [0.2, 0.25) is 0 Å². The molecule has 0 spiro atoms. The van der Waals surface area contributed by atoms with E-state index in [1.165, 1.54) is 37.6 Å². The van der Waals surface area contributed by atoms with Crippen molar-refractivity contribution in [2.45, 2.75) is 32.2 Å². The lowest BCUT2D eigenvalue weighted by Crippen LogP contribution is -2.35. The van der Waals surface area contributed by atoms with Crippen LogP contribution in [0.15, 0.2) is 18.2 Å². The molecule has 0 unspecified atom stereocenters. The van der Waals surface area contributed by atoms with Gasteiger partial charge in [0.1, 0.15) is 5.82 Å². The average Bonchev–Trinajstić information content (AvgIpc) is 2.87. The summed E-state index contributed by atoms with van der Waals surface area (Å²) in [6.45, 7) is 8.05. The third kappa shape index (κ3) is 2.01. The van der Waals surface area contributed by atoms with Gasteiger partial charge in [0.05, 0.1) is 0 Å². The molecular weight excluding hydrogens is 222 g/mol. The Morgan fingerprint density at radius 2 is 2.11 bits per heavy atom. The molecule has 2 atom stereocenters. The number of anilines is 1. The average molecular weight is 245 g/mol. The maximum absolute atomic E-state index is 4.85. The molecule has 1 aromatic heterocycles. The number of pyridine rings is 1. The second-order valence-electron chi connectivity index (χ2n) is 6.11. The molecule has 2 aliphatic heterocycles.